The van der Waals surface area contributed by atoms with Gasteiger partial charge >= 0.3 is 0 Å². The van der Waals surface area contributed by atoms with Crippen molar-refractivity contribution in [1.29, 1.82) is 0 Å². The van der Waals surface area contributed by atoms with Gasteiger partial charge < -0.3 is 9.64 Å². The van der Waals surface area contributed by atoms with Gasteiger partial charge in [0.1, 0.15) is 4.90 Å². The van der Waals surface area contributed by atoms with Gasteiger partial charge in [0.15, 0.2) is 0 Å². The molecule has 0 amide bonds. The van der Waals surface area contributed by atoms with Crippen molar-refractivity contribution in [3.05, 3.63) is 28.8 Å². The first-order valence-corrected chi connectivity index (χ1v) is 9.84. The molecule has 1 heterocycles. The van der Waals surface area contributed by atoms with Crippen LogP contribution in [0, 0.1) is 5.41 Å². The highest BCUT2D eigenvalue weighted by Gasteiger charge is 2.47. The predicted octanol–water partition coefficient (Wildman–Crippen LogP) is 2.38. The van der Waals surface area contributed by atoms with E-state index >= 15 is 0 Å². The first-order valence-electron chi connectivity index (χ1n) is 7.92. The van der Waals surface area contributed by atoms with Crippen LogP contribution < -0.4 is 5.14 Å². The average Bonchev–Trinajstić information content (AvgIpc) is 2.95. The van der Waals surface area contributed by atoms with E-state index in [4.69, 9.17) is 21.5 Å². The van der Waals surface area contributed by atoms with Crippen molar-refractivity contribution in [2.75, 3.05) is 20.2 Å². The fraction of sp³-hybridized carbons (Fsp3) is 0.625. The highest BCUT2D eigenvalue weighted by atomic mass is 35.5. The summed E-state index contributed by atoms with van der Waals surface area (Å²) in [7, 11) is -1.68. The minimum absolute atomic E-state index is 0.0239. The normalized spacial score (nSPS) is 27.6. The molecule has 2 fully saturated rings. The molecule has 0 radical (unpaired) electrons. The van der Waals surface area contributed by atoms with E-state index in [0.717, 1.165) is 31.7 Å². The number of ether oxygens (including phenoxy) is 1. The van der Waals surface area contributed by atoms with Crippen LogP contribution in [0.1, 0.15) is 31.2 Å². The molecule has 128 valence electrons. The van der Waals surface area contributed by atoms with E-state index in [1.807, 2.05) is 0 Å². The maximum Gasteiger partial charge on any atom is 0.239 e. The van der Waals surface area contributed by atoms with Crippen molar-refractivity contribution in [3.8, 4) is 0 Å². The van der Waals surface area contributed by atoms with Crippen molar-refractivity contribution in [3.63, 3.8) is 0 Å². The molecule has 0 aromatic heterocycles. The van der Waals surface area contributed by atoms with Crippen molar-refractivity contribution < 1.29 is 13.2 Å². The average molecular weight is 359 g/mol. The van der Waals surface area contributed by atoms with Crippen LogP contribution >= 0.6 is 11.6 Å². The Morgan fingerprint density at radius 2 is 2.22 bits per heavy atom. The molecule has 1 aliphatic carbocycles. The number of nitrogens with zero attached hydrogens (tertiary/aromatic N) is 1. The fourth-order valence-corrected chi connectivity index (χ4v) is 5.21. The maximum atomic E-state index is 11.4. The van der Waals surface area contributed by atoms with Crippen LogP contribution in [-0.4, -0.2) is 39.6 Å². The third kappa shape index (κ3) is 3.56. The van der Waals surface area contributed by atoms with E-state index in [9.17, 15) is 8.42 Å². The molecule has 1 aromatic rings. The Morgan fingerprint density at radius 3 is 2.91 bits per heavy atom. The van der Waals surface area contributed by atoms with Gasteiger partial charge in [0.25, 0.3) is 0 Å². The SMILES string of the molecule is CN(Cc1ccc(S(N)(=O)=O)c(Cl)c1)C[C@]12CCC[C@H]1OCC2. The van der Waals surface area contributed by atoms with E-state index in [1.165, 1.54) is 25.3 Å². The molecular formula is C16H23ClN2O3S. The number of halogens is 1. The molecule has 1 saturated carbocycles. The van der Waals surface area contributed by atoms with Gasteiger partial charge in [-0.3, -0.25) is 0 Å². The Morgan fingerprint density at radius 1 is 1.43 bits per heavy atom. The lowest BCUT2D eigenvalue weighted by molar-refractivity contribution is 0.0527. The largest absolute Gasteiger partial charge is 0.378 e. The van der Waals surface area contributed by atoms with Crippen LogP contribution in [0.3, 0.4) is 0 Å². The fourth-order valence-electron chi connectivity index (χ4n) is 4.10. The quantitative estimate of drug-likeness (QED) is 0.877. The van der Waals surface area contributed by atoms with Crippen LogP contribution in [-0.2, 0) is 21.3 Å². The Bertz CT molecular complexity index is 683. The van der Waals surface area contributed by atoms with E-state index in [2.05, 4.69) is 11.9 Å². The monoisotopic (exact) mass is 358 g/mol. The zero-order chi connectivity index (χ0) is 16.7. The lowest BCUT2D eigenvalue weighted by Crippen LogP contribution is -2.38. The number of benzene rings is 1. The molecule has 1 aliphatic heterocycles. The molecule has 2 atom stereocenters. The van der Waals surface area contributed by atoms with Gasteiger partial charge in [0, 0.05) is 25.1 Å². The minimum Gasteiger partial charge on any atom is -0.378 e. The predicted molar refractivity (Wildman–Crippen MR) is 89.8 cm³/mol. The van der Waals surface area contributed by atoms with Crippen LogP contribution in [0.15, 0.2) is 23.1 Å². The Labute approximate surface area is 142 Å². The zero-order valence-electron chi connectivity index (χ0n) is 13.3. The van der Waals surface area contributed by atoms with E-state index < -0.39 is 10.0 Å². The van der Waals surface area contributed by atoms with E-state index in [-0.39, 0.29) is 9.92 Å². The molecule has 5 nitrogen and oxygen atoms in total. The summed E-state index contributed by atoms with van der Waals surface area (Å²) in [5.74, 6) is 0. The molecule has 0 bridgehead atoms. The van der Waals surface area contributed by atoms with Crippen LogP contribution in [0.4, 0.5) is 0 Å². The molecule has 2 aliphatic rings. The summed E-state index contributed by atoms with van der Waals surface area (Å²) in [6, 6.07) is 4.94. The third-order valence-electron chi connectivity index (χ3n) is 5.08. The van der Waals surface area contributed by atoms with Crippen molar-refractivity contribution in [2.45, 2.75) is 43.2 Å². The lowest BCUT2D eigenvalue weighted by atomic mass is 9.82. The number of rotatable bonds is 5. The van der Waals surface area contributed by atoms with Crippen LogP contribution in [0.5, 0.6) is 0 Å². The van der Waals surface area contributed by atoms with E-state index in [1.54, 1.807) is 12.1 Å². The summed E-state index contributed by atoms with van der Waals surface area (Å²) >= 11 is 6.06. The molecule has 0 unspecified atom stereocenters. The number of sulfonamides is 1. The van der Waals surface area contributed by atoms with Gasteiger partial charge in [-0.1, -0.05) is 24.1 Å². The standard InChI is InChI=1S/C16H23ClN2O3S/c1-19(11-16-6-2-3-15(16)22-8-7-16)10-12-4-5-14(13(17)9-12)23(18,20)21/h4-5,9,15H,2-3,6-8,10-11H2,1H3,(H2,18,20,21)/t15-,16-/m1/s1. The Kier molecular flexibility index (Phi) is 4.73. The third-order valence-corrected chi connectivity index (χ3v) is 6.48. The van der Waals surface area contributed by atoms with Gasteiger partial charge in [-0.05, 0) is 44.0 Å². The summed E-state index contributed by atoms with van der Waals surface area (Å²) in [5, 5.41) is 5.32. The summed E-state index contributed by atoms with van der Waals surface area (Å²) in [6.07, 6.45) is 5.18. The Balaban J connectivity index is 1.69. The second-order valence-electron chi connectivity index (χ2n) is 6.85. The lowest BCUT2D eigenvalue weighted by Gasteiger charge is -2.32. The molecule has 3 rings (SSSR count). The molecule has 0 spiro atoms. The van der Waals surface area contributed by atoms with Gasteiger partial charge in [0.05, 0.1) is 11.1 Å². The highest BCUT2D eigenvalue weighted by molar-refractivity contribution is 7.89. The second kappa shape index (κ2) is 6.33. The second-order valence-corrected chi connectivity index (χ2v) is 8.78. The summed E-state index contributed by atoms with van der Waals surface area (Å²) < 4.78 is 28.7. The smallest absolute Gasteiger partial charge is 0.239 e. The zero-order valence-corrected chi connectivity index (χ0v) is 14.9. The summed E-state index contributed by atoms with van der Waals surface area (Å²) in [4.78, 5) is 2.25. The first kappa shape index (κ1) is 17.2. The Hall–Kier alpha value is -0.660. The maximum absolute atomic E-state index is 11.4. The minimum atomic E-state index is -3.77. The molecule has 1 saturated heterocycles. The summed E-state index contributed by atoms with van der Waals surface area (Å²) in [6.45, 7) is 2.58. The van der Waals surface area contributed by atoms with Gasteiger partial charge in [0.2, 0.25) is 10.0 Å². The van der Waals surface area contributed by atoms with Crippen molar-refractivity contribution in [1.82, 2.24) is 4.90 Å². The highest BCUT2D eigenvalue weighted by Crippen LogP contribution is 2.47. The van der Waals surface area contributed by atoms with Crippen molar-refractivity contribution in [2.24, 2.45) is 10.6 Å². The van der Waals surface area contributed by atoms with Gasteiger partial charge in [-0.25, -0.2) is 13.6 Å². The molecule has 7 heteroatoms. The molecular weight excluding hydrogens is 336 g/mol. The van der Waals surface area contributed by atoms with E-state index in [0.29, 0.717) is 11.5 Å². The molecule has 23 heavy (non-hydrogen) atoms. The van der Waals surface area contributed by atoms with Crippen molar-refractivity contribution >= 4 is 21.6 Å². The van der Waals surface area contributed by atoms with Gasteiger partial charge in [-0.15, -0.1) is 0 Å². The summed E-state index contributed by atoms with van der Waals surface area (Å²) in [5.41, 5.74) is 1.27. The first-order chi connectivity index (χ1) is 10.8. The number of primary sulfonamides is 1. The molecule has 2 N–H and O–H groups in total. The number of fused-ring (bicyclic) bond motifs is 1. The van der Waals surface area contributed by atoms with Gasteiger partial charge in [-0.2, -0.15) is 0 Å². The topological polar surface area (TPSA) is 72.6 Å². The number of hydrogen-bond acceptors (Lipinski definition) is 4. The number of nitrogens with two attached hydrogens (primary N) is 1. The van der Waals surface area contributed by atoms with Crippen LogP contribution in [0.2, 0.25) is 5.02 Å². The molecule has 1 aromatic carbocycles. The number of hydrogen-bond donors (Lipinski definition) is 1. The van der Waals surface area contributed by atoms with Crippen LogP contribution in [0.25, 0.3) is 0 Å².